The van der Waals surface area contributed by atoms with E-state index in [2.05, 4.69) is 9.97 Å². The van der Waals surface area contributed by atoms with E-state index in [-0.39, 0.29) is 10.6 Å². The van der Waals surface area contributed by atoms with Crippen molar-refractivity contribution in [1.29, 1.82) is 0 Å². The maximum absolute atomic E-state index is 13.8. The summed E-state index contributed by atoms with van der Waals surface area (Å²) in [6.07, 6.45) is 4.61. The average molecular weight is 354 g/mol. The number of aromatic nitrogens is 2. The molecule has 0 bridgehead atoms. The van der Waals surface area contributed by atoms with E-state index < -0.39 is 21.5 Å². The first-order valence-electron chi connectivity index (χ1n) is 7.32. The molecule has 0 radical (unpaired) electrons. The van der Waals surface area contributed by atoms with Gasteiger partial charge in [0.1, 0.15) is 16.4 Å². The van der Waals surface area contributed by atoms with Gasteiger partial charge in [-0.2, -0.15) is 0 Å². The minimum absolute atomic E-state index is 0.103. The Kier molecular flexibility index (Phi) is 4.35. The summed E-state index contributed by atoms with van der Waals surface area (Å²) in [4.78, 5) is 11.2. The molecule has 0 unspecified atom stereocenters. The number of sulfone groups is 1. The summed E-state index contributed by atoms with van der Waals surface area (Å²) in [7, 11) is -3.41. The van der Waals surface area contributed by atoms with E-state index in [1.807, 2.05) is 4.90 Å². The van der Waals surface area contributed by atoms with Crippen LogP contribution in [0.25, 0.3) is 0 Å². The summed E-state index contributed by atoms with van der Waals surface area (Å²) in [5, 5.41) is 0. The van der Waals surface area contributed by atoms with Gasteiger partial charge in [0.25, 0.3) is 0 Å². The Balaban J connectivity index is 1.82. The number of nitrogens with zero attached hydrogens (tertiary/aromatic N) is 4. The fourth-order valence-corrected chi connectivity index (χ4v) is 3.60. The van der Waals surface area contributed by atoms with Crippen molar-refractivity contribution in [2.75, 3.05) is 42.2 Å². The lowest BCUT2D eigenvalue weighted by molar-refractivity contribution is 0.547. The van der Waals surface area contributed by atoms with Gasteiger partial charge < -0.3 is 9.80 Å². The van der Waals surface area contributed by atoms with Crippen LogP contribution in [0, 0.1) is 11.6 Å². The van der Waals surface area contributed by atoms with Gasteiger partial charge in [-0.05, 0) is 12.1 Å². The topological polar surface area (TPSA) is 66.4 Å². The third-order valence-corrected chi connectivity index (χ3v) is 4.99. The van der Waals surface area contributed by atoms with E-state index >= 15 is 0 Å². The molecular weight excluding hydrogens is 338 g/mol. The summed E-state index contributed by atoms with van der Waals surface area (Å²) < 4.78 is 51.4. The van der Waals surface area contributed by atoms with Crippen LogP contribution in [0.5, 0.6) is 0 Å². The zero-order valence-corrected chi connectivity index (χ0v) is 13.8. The average Bonchev–Trinajstić information content (AvgIpc) is 2.54. The van der Waals surface area contributed by atoms with Crippen LogP contribution in [0.1, 0.15) is 0 Å². The van der Waals surface area contributed by atoms with Gasteiger partial charge in [-0.3, -0.25) is 4.98 Å². The number of pyridine rings is 2. The second-order valence-corrected chi connectivity index (χ2v) is 7.51. The molecule has 0 saturated carbocycles. The van der Waals surface area contributed by atoms with Crippen LogP contribution in [0.4, 0.5) is 20.3 Å². The lowest BCUT2D eigenvalue weighted by Crippen LogP contribution is -2.47. The van der Waals surface area contributed by atoms with Crippen LogP contribution in [-0.2, 0) is 9.84 Å². The molecule has 1 aliphatic rings. The van der Waals surface area contributed by atoms with Gasteiger partial charge in [0.15, 0.2) is 21.5 Å². The molecule has 0 atom stereocenters. The molecule has 0 aromatic carbocycles. The van der Waals surface area contributed by atoms with Crippen LogP contribution >= 0.6 is 0 Å². The van der Waals surface area contributed by atoms with E-state index in [9.17, 15) is 17.2 Å². The van der Waals surface area contributed by atoms with E-state index in [0.29, 0.717) is 32.0 Å². The molecule has 128 valence electrons. The molecule has 1 aliphatic heterocycles. The van der Waals surface area contributed by atoms with Gasteiger partial charge in [-0.25, -0.2) is 22.2 Å². The largest absolute Gasteiger partial charge is 0.363 e. The van der Waals surface area contributed by atoms with E-state index in [1.165, 1.54) is 12.3 Å². The molecule has 24 heavy (non-hydrogen) atoms. The second kappa shape index (κ2) is 6.31. The first kappa shape index (κ1) is 16.6. The molecular formula is C15H16F2N4O2S. The number of piperazine rings is 1. The highest BCUT2D eigenvalue weighted by molar-refractivity contribution is 7.90. The highest BCUT2D eigenvalue weighted by atomic mass is 32.2. The molecule has 2 aromatic heterocycles. The number of rotatable bonds is 3. The Hall–Kier alpha value is -2.29. The molecule has 3 rings (SSSR count). The first-order chi connectivity index (χ1) is 11.4. The maximum Gasteiger partial charge on any atom is 0.179 e. The van der Waals surface area contributed by atoms with Gasteiger partial charge in [0, 0.05) is 38.6 Å². The number of anilines is 2. The van der Waals surface area contributed by atoms with Gasteiger partial charge in [-0.15, -0.1) is 0 Å². The van der Waals surface area contributed by atoms with Crippen LogP contribution in [0.15, 0.2) is 35.6 Å². The molecule has 1 fully saturated rings. The SMILES string of the molecule is CS(=O)(=O)c1cccnc1N1CCN(c2c(F)cncc2F)CC1. The Morgan fingerprint density at radius 3 is 2.21 bits per heavy atom. The summed E-state index contributed by atoms with van der Waals surface area (Å²) in [5.41, 5.74) is -0.103. The summed E-state index contributed by atoms with van der Waals surface area (Å²) in [6, 6.07) is 3.07. The minimum atomic E-state index is -3.41. The molecule has 9 heteroatoms. The van der Waals surface area contributed by atoms with Crippen molar-refractivity contribution in [1.82, 2.24) is 9.97 Å². The predicted molar refractivity (Wildman–Crippen MR) is 85.9 cm³/mol. The number of hydrogen-bond donors (Lipinski definition) is 0. The van der Waals surface area contributed by atoms with Crippen molar-refractivity contribution in [3.05, 3.63) is 42.4 Å². The predicted octanol–water partition coefficient (Wildman–Crippen LogP) is 1.48. The molecule has 0 aliphatic carbocycles. The standard InChI is InChI=1S/C15H16F2N4O2S/c1-24(22,23)13-3-2-4-19-15(13)21-7-5-20(6-8-21)14-11(16)9-18-10-12(14)17/h2-4,9-10H,5-8H2,1H3. The normalized spacial score (nSPS) is 15.6. The van der Waals surface area contributed by atoms with Gasteiger partial charge >= 0.3 is 0 Å². The second-order valence-electron chi connectivity index (χ2n) is 5.52. The third-order valence-electron chi connectivity index (χ3n) is 3.87. The van der Waals surface area contributed by atoms with Gasteiger partial charge in [0.05, 0.1) is 12.4 Å². The van der Waals surface area contributed by atoms with Gasteiger partial charge in [-0.1, -0.05) is 0 Å². The Morgan fingerprint density at radius 1 is 1.04 bits per heavy atom. The maximum atomic E-state index is 13.8. The smallest absolute Gasteiger partial charge is 0.179 e. The molecule has 6 nitrogen and oxygen atoms in total. The van der Waals surface area contributed by atoms with Crippen molar-refractivity contribution in [3.63, 3.8) is 0 Å². The Morgan fingerprint density at radius 2 is 1.62 bits per heavy atom. The van der Waals surface area contributed by atoms with Crippen LogP contribution in [0.2, 0.25) is 0 Å². The lowest BCUT2D eigenvalue weighted by atomic mass is 10.2. The lowest BCUT2D eigenvalue weighted by Gasteiger charge is -2.37. The van der Waals surface area contributed by atoms with Crippen molar-refractivity contribution in [2.24, 2.45) is 0 Å². The zero-order valence-electron chi connectivity index (χ0n) is 13.0. The summed E-state index contributed by atoms with van der Waals surface area (Å²) >= 11 is 0. The fourth-order valence-electron chi connectivity index (χ4n) is 2.76. The summed E-state index contributed by atoms with van der Waals surface area (Å²) in [6.45, 7) is 1.50. The van der Waals surface area contributed by atoms with E-state index in [4.69, 9.17) is 0 Å². The Labute approximate surface area is 138 Å². The molecule has 0 N–H and O–H groups in total. The van der Waals surface area contributed by atoms with Crippen LogP contribution in [0.3, 0.4) is 0 Å². The molecule has 3 heterocycles. The van der Waals surface area contributed by atoms with Crippen molar-refractivity contribution < 1.29 is 17.2 Å². The van der Waals surface area contributed by atoms with E-state index in [1.54, 1.807) is 11.0 Å². The highest BCUT2D eigenvalue weighted by Gasteiger charge is 2.26. The zero-order chi connectivity index (χ0) is 17.3. The fraction of sp³-hybridized carbons (Fsp3) is 0.333. The highest BCUT2D eigenvalue weighted by Crippen LogP contribution is 2.27. The summed E-state index contributed by atoms with van der Waals surface area (Å²) in [5.74, 6) is -1.05. The van der Waals surface area contributed by atoms with Crippen molar-refractivity contribution in [2.45, 2.75) is 4.90 Å². The monoisotopic (exact) mass is 354 g/mol. The minimum Gasteiger partial charge on any atom is -0.363 e. The molecule has 0 amide bonds. The number of hydrogen-bond acceptors (Lipinski definition) is 6. The van der Waals surface area contributed by atoms with Gasteiger partial charge in [0.2, 0.25) is 0 Å². The van der Waals surface area contributed by atoms with Crippen molar-refractivity contribution in [3.8, 4) is 0 Å². The first-order valence-corrected chi connectivity index (χ1v) is 9.21. The van der Waals surface area contributed by atoms with Crippen LogP contribution < -0.4 is 9.80 Å². The molecule has 2 aromatic rings. The van der Waals surface area contributed by atoms with Crippen molar-refractivity contribution >= 4 is 21.3 Å². The van der Waals surface area contributed by atoms with Crippen LogP contribution in [-0.4, -0.2) is 50.8 Å². The molecule has 0 spiro atoms. The third kappa shape index (κ3) is 3.16. The number of halogens is 2. The Bertz CT molecular complexity index is 832. The van der Waals surface area contributed by atoms with E-state index in [0.717, 1.165) is 18.6 Å². The molecule has 1 saturated heterocycles. The quantitative estimate of drug-likeness (QED) is 0.832.